The molecule has 25 heavy (non-hydrogen) atoms. The van der Waals surface area contributed by atoms with E-state index in [0.717, 1.165) is 36.8 Å². The van der Waals surface area contributed by atoms with Crippen LogP contribution >= 0.6 is 0 Å². The number of aryl methyl sites for hydroxylation is 1. The number of anilines is 1. The molecule has 2 aliphatic rings. The Hall–Kier alpha value is -1.92. The second-order valence-electron chi connectivity index (χ2n) is 6.93. The first-order valence-electron chi connectivity index (χ1n) is 8.96. The van der Waals surface area contributed by atoms with Crippen molar-refractivity contribution in [2.45, 2.75) is 57.8 Å². The summed E-state index contributed by atoms with van der Waals surface area (Å²) in [6.45, 7) is 4.61. The highest BCUT2D eigenvalue weighted by molar-refractivity contribution is 6.39. The monoisotopic (exact) mass is 346 g/mol. The molecule has 3 rings (SSSR count). The summed E-state index contributed by atoms with van der Waals surface area (Å²) in [5.41, 5.74) is 2.67. The van der Waals surface area contributed by atoms with E-state index in [2.05, 4.69) is 10.6 Å². The summed E-state index contributed by atoms with van der Waals surface area (Å²) in [5.74, 6) is -1.79. The van der Waals surface area contributed by atoms with Gasteiger partial charge in [-0.25, -0.2) is 0 Å². The van der Waals surface area contributed by atoms with Gasteiger partial charge in [0.05, 0.1) is 6.61 Å². The van der Waals surface area contributed by atoms with E-state index in [1.54, 1.807) is 6.07 Å². The summed E-state index contributed by atoms with van der Waals surface area (Å²) in [4.78, 5) is 24.1. The summed E-state index contributed by atoms with van der Waals surface area (Å²) in [6, 6.07) is 5.60. The lowest BCUT2D eigenvalue weighted by Gasteiger charge is -2.31. The van der Waals surface area contributed by atoms with E-state index >= 15 is 0 Å². The molecule has 1 aliphatic carbocycles. The van der Waals surface area contributed by atoms with Crippen molar-refractivity contribution < 1.29 is 19.1 Å². The minimum absolute atomic E-state index is 0.199. The van der Waals surface area contributed by atoms with E-state index in [-0.39, 0.29) is 12.6 Å². The van der Waals surface area contributed by atoms with Gasteiger partial charge in [-0.15, -0.1) is 0 Å². The summed E-state index contributed by atoms with van der Waals surface area (Å²) < 4.78 is 11.8. The van der Waals surface area contributed by atoms with Crippen molar-refractivity contribution in [3.05, 3.63) is 29.3 Å². The largest absolute Gasteiger partial charge is 0.347 e. The van der Waals surface area contributed by atoms with Crippen molar-refractivity contribution >= 4 is 17.5 Å². The van der Waals surface area contributed by atoms with Crippen LogP contribution in [0.25, 0.3) is 0 Å². The Balaban J connectivity index is 1.48. The first-order chi connectivity index (χ1) is 12.0. The number of rotatable bonds is 3. The summed E-state index contributed by atoms with van der Waals surface area (Å²) in [6.07, 6.45) is 5.05. The van der Waals surface area contributed by atoms with Gasteiger partial charge in [0.15, 0.2) is 5.79 Å². The maximum Gasteiger partial charge on any atom is 0.313 e. The van der Waals surface area contributed by atoms with Gasteiger partial charge in [-0.1, -0.05) is 18.6 Å². The van der Waals surface area contributed by atoms with Gasteiger partial charge in [0, 0.05) is 25.1 Å². The van der Waals surface area contributed by atoms with Crippen LogP contribution in [0.1, 0.15) is 43.2 Å². The molecule has 1 atom stereocenters. The smallest absolute Gasteiger partial charge is 0.313 e. The fourth-order valence-corrected chi connectivity index (χ4v) is 3.42. The molecule has 6 nitrogen and oxygen atoms in total. The Labute approximate surface area is 148 Å². The summed E-state index contributed by atoms with van der Waals surface area (Å²) in [7, 11) is 0. The summed E-state index contributed by atoms with van der Waals surface area (Å²) in [5, 5.41) is 5.30. The molecule has 1 saturated heterocycles. The van der Waals surface area contributed by atoms with Crippen LogP contribution in [0.5, 0.6) is 0 Å². The number of hydrogen-bond donors (Lipinski definition) is 2. The van der Waals surface area contributed by atoms with Crippen molar-refractivity contribution in [2.24, 2.45) is 0 Å². The number of amides is 2. The minimum Gasteiger partial charge on any atom is -0.347 e. The Kier molecular flexibility index (Phi) is 5.39. The average Bonchev–Trinajstić information content (AvgIpc) is 2.99. The van der Waals surface area contributed by atoms with Crippen LogP contribution in [0.4, 0.5) is 5.69 Å². The third kappa shape index (κ3) is 4.19. The van der Waals surface area contributed by atoms with Gasteiger partial charge in [0.25, 0.3) is 0 Å². The van der Waals surface area contributed by atoms with Gasteiger partial charge in [-0.05, 0) is 43.9 Å². The molecule has 1 heterocycles. The lowest BCUT2D eigenvalue weighted by atomic mass is 9.94. The van der Waals surface area contributed by atoms with Crippen LogP contribution < -0.4 is 10.6 Å². The zero-order valence-corrected chi connectivity index (χ0v) is 14.9. The highest BCUT2D eigenvalue weighted by Crippen LogP contribution is 2.37. The van der Waals surface area contributed by atoms with Gasteiger partial charge >= 0.3 is 11.8 Å². The first-order valence-corrected chi connectivity index (χ1v) is 8.96. The zero-order valence-electron chi connectivity index (χ0n) is 14.9. The van der Waals surface area contributed by atoms with E-state index in [1.165, 1.54) is 6.42 Å². The van der Waals surface area contributed by atoms with E-state index in [0.29, 0.717) is 12.3 Å². The molecule has 2 fully saturated rings. The molecule has 6 heteroatoms. The van der Waals surface area contributed by atoms with E-state index in [1.807, 2.05) is 26.0 Å². The Morgan fingerprint density at radius 2 is 1.92 bits per heavy atom. The van der Waals surface area contributed by atoms with Crippen molar-refractivity contribution in [1.29, 1.82) is 0 Å². The van der Waals surface area contributed by atoms with Gasteiger partial charge in [-0.2, -0.15) is 0 Å². The molecule has 1 spiro atoms. The lowest BCUT2D eigenvalue weighted by Crippen LogP contribution is -2.41. The quantitative estimate of drug-likeness (QED) is 0.824. The molecule has 0 unspecified atom stereocenters. The Bertz CT molecular complexity index is 653. The fraction of sp³-hybridized carbons (Fsp3) is 0.579. The van der Waals surface area contributed by atoms with Crippen molar-refractivity contribution in [3.8, 4) is 0 Å². The SMILES string of the molecule is Cc1cccc(NC(=O)C(=O)NC[C@H]2COC3(CCCCC3)O2)c1C. The standard InChI is InChI=1S/C19H26N2O4/c1-13-7-6-8-16(14(13)2)21-18(23)17(22)20-11-15-12-24-19(25-15)9-4-3-5-10-19/h6-8,15H,3-5,9-12H2,1-2H3,(H,20,22)(H,21,23)/t15-/m0/s1. The van der Waals surface area contributed by atoms with Crippen LogP contribution in [0.2, 0.25) is 0 Å². The fourth-order valence-electron chi connectivity index (χ4n) is 3.42. The Morgan fingerprint density at radius 3 is 2.68 bits per heavy atom. The molecule has 1 aromatic rings. The first kappa shape index (κ1) is 17.9. The predicted octanol–water partition coefficient (Wildman–Crippen LogP) is 2.43. The van der Waals surface area contributed by atoms with Crippen molar-refractivity contribution in [3.63, 3.8) is 0 Å². The molecule has 0 aromatic heterocycles. The Morgan fingerprint density at radius 1 is 1.16 bits per heavy atom. The zero-order chi connectivity index (χ0) is 17.9. The average molecular weight is 346 g/mol. The molecule has 2 amide bonds. The molecule has 2 N–H and O–H groups in total. The second-order valence-corrected chi connectivity index (χ2v) is 6.93. The highest BCUT2D eigenvalue weighted by Gasteiger charge is 2.42. The molecule has 1 aliphatic heterocycles. The molecule has 1 aromatic carbocycles. The molecular weight excluding hydrogens is 320 g/mol. The van der Waals surface area contributed by atoms with Crippen LogP contribution in [-0.4, -0.2) is 36.9 Å². The van der Waals surface area contributed by atoms with E-state index < -0.39 is 17.6 Å². The lowest BCUT2D eigenvalue weighted by molar-refractivity contribution is -0.186. The van der Waals surface area contributed by atoms with Crippen LogP contribution in [0.3, 0.4) is 0 Å². The molecule has 0 radical (unpaired) electrons. The van der Waals surface area contributed by atoms with Crippen LogP contribution in [-0.2, 0) is 19.1 Å². The number of ether oxygens (including phenoxy) is 2. The van der Waals surface area contributed by atoms with Crippen LogP contribution in [0.15, 0.2) is 18.2 Å². The number of nitrogens with one attached hydrogen (secondary N) is 2. The van der Waals surface area contributed by atoms with E-state index in [4.69, 9.17) is 9.47 Å². The van der Waals surface area contributed by atoms with Gasteiger partial charge in [-0.3, -0.25) is 9.59 Å². The van der Waals surface area contributed by atoms with Crippen molar-refractivity contribution in [1.82, 2.24) is 5.32 Å². The number of carbonyl (C=O) groups excluding carboxylic acids is 2. The number of benzene rings is 1. The minimum atomic E-state index is -0.667. The highest BCUT2D eigenvalue weighted by atomic mass is 16.7. The summed E-state index contributed by atoms with van der Waals surface area (Å²) >= 11 is 0. The predicted molar refractivity (Wildman–Crippen MR) is 94.2 cm³/mol. The molecule has 1 saturated carbocycles. The molecule has 136 valence electrons. The normalized spacial score (nSPS) is 21.9. The van der Waals surface area contributed by atoms with E-state index in [9.17, 15) is 9.59 Å². The molecular formula is C19H26N2O4. The second kappa shape index (κ2) is 7.54. The molecule has 0 bridgehead atoms. The van der Waals surface area contributed by atoms with Crippen LogP contribution in [0, 0.1) is 13.8 Å². The third-order valence-electron chi connectivity index (χ3n) is 5.08. The maximum absolute atomic E-state index is 12.1. The number of hydrogen-bond acceptors (Lipinski definition) is 4. The third-order valence-corrected chi connectivity index (χ3v) is 5.08. The number of carbonyl (C=O) groups is 2. The maximum atomic E-state index is 12.1. The topological polar surface area (TPSA) is 76.7 Å². The van der Waals surface area contributed by atoms with Gasteiger partial charge in [0.2, 0.25) is 0 Å². The van der Waals surface area contributed by atoms with Crippen molar-refractivity contribution in [2.75, 3.05) is 18.5 Å². The van der Waals surface area contributed by atoms with Gasteiger partial charge < -0.3 is 20.1 Å². The van der Waals surface area contributed by atoms with Gasteiger partial charge in [0.1, 0.15) is 6.10 Å².